The normalized spacial score (nSPS) is 7.43. The van der Waals surface area contributed by atoms with Gasteiger partial charge in [0.05, 0.1) is 0 Å². The number of hydrogen-bond acceptors (Lipinski definition) is 3. The Hall–Kier alpha value is 2.02. The summed E-state index contributed by atoms with van der Waals surface area (Å²) in [6.45, 7) is 4.51. The van der Waals surface area contributed by atoms with Crippen LogP contribution in [0.25, 0.3) is 0 Å². The first-order valence-electron chi connectivity index (χ1n) is 4.46. The molecule has 0 saturated carbocycles. The monoisotopic (exact) mass is 239 g/mol. The van der Waals surface area contributed by atoms with Crippen molar-refractivity contribution in [1.29, 1.82) is 0 Å². The van der Waals surface area contributed by atoms with Crippen LogP contribution in [0.2, 0.25) is 0 Å². The van der Waals surface area contributed by atoms with Gasteiger partial charge in [-0.2, -0.15) is 0 Å². The average molecular weight is 239 g/mol. The Labute approximate surface area is 133 Å². The molecule has 0 rings (SSSR count). The van der Waals surface area contributed by atoms with E-state index in [-0.39, 0.29) is 59.1 Å². The van der Waals surface area contributed by atoms with Crippen LogP contribution >= 0.6 is 8.25 Å². The van der Waals surface area contributed by atoms with E-state index in [9.17, 15) is 0 Å². The van der Waals surface area contributed by atoms with Crippen LogP contribution in [0.4, 0.5) is 0 Å². The fourth-order valence-electron chi connectivity index (χ4n) is 0.854. The Bertz CT molecular complexity index is 94.6. The predicted octanol–water partition coefficient (Wildman–Crippen LogP) is -4.26. The van der Waals surface area contributed by atoms with Crippen molar-refractivity contribution in [3.05, 3.63) is 0 Å². The second-order valence-corrected chi connectivity index (χ2v) is 3.09. The summed E-state index contributed by atoms with van der Waals surface area (Å²) in [5.74, 6) is 0. The summed E-state index contributed by atoms with van der Waals surface area (Å²) in [6, 6.07) is 0. The molecule has 0 N–H and O–H groups in total. The quantitative estimate of drug-likeness (QED) is 0.277. The van der Waals surface area contributed by atoms with Gasteiger partial charge < -0.3 is 9.79 Å². The van der Waals surface area contributed by atoms with Gasteiger partial charge in [0.15, 0.2) is 0 Å². The Balaban J connectivity index is -0.0000000733. The summed E-state index contributed by atoms with van der Waals surface area (Å²) in [5.41, 5.74) is 0. The SMILES string of the molecule is CCCCCCCC.O=[P+]([O-])[O-].[Na+].[Na+]. The van der Waals surface area contributed by atoms with E-state index in [0.717, 1.165) is 0 Å². The fourth-order valence-corrected chi connectivity index (χ4v) is 0.854. The minimum Gasteiger partial charge on any atom is -0.598 e. The Morgan fingerprint density at radius 1 is 0.857 bits per heavy atom. The zero-order chi connectivity index (χ0) is 9.82. The van der Waals surface area contributed by atoms with E-state index in [4.69, 9.17) is 14.4 Å². The van der Waals surface area contributed by atoms with Gasteiger partial charge in [-0.3, -0.25) is 0 Å². The summed E-state index contributed by atoms with van der Waals surface area (Å²) in [6.07, 6.45) is 8.49. The van der Waals surface area contributed by atoms with Gasteiger partial charge in [0, 0.05) is 0 Å². The maximum atomic E-state index is 8.48. The molecule has 0 atom stereocenters. The van der Waals surface area contributed by atoms with Crippen molar-refractivity contribution in [1.82, 2.24) is 0 Å². The maximum absolute atomic E-state index is 8.48. The largest absolute Gasteiger partial charge is 1.00 e. The number of unbranched alkanes of at least 4 members (excludes halogenated alkanes) is 5. The van der Waals surface area contributed by atoms with E-state index in [1.807, 2.05) is 0 Å². The zero-order valence-electron chi connectivity index (χ0n) is 9.91. The Morgan fingerprint density at radius 2 is 1.07 bits per heavy atom. The second kappa shape index (κ2) is 24.3. The molecule has 0 spiro atoms. The van der Waals surface area contributed by atoms with Crippen molar-refractivity contribution in [3.8, 4) is 0 Å². The van der Waals surface area contributed by atoms with Gasteiger partial charge in [-0.15, -0.1) is 0 Å². The molecule has 74 valence electrons. The summed E-state index contributed by atoms with van der Waals surface area (Å²) >= 11 is 0. The minimum absolute atomic E-state index is 0. The van der Waals surface area contributed by atoms with Gasteiger partial charge in [-0.1, -0.05) is 56.9 Å². The van der Waals surface area contributed by atoms with E-state index in [0.29, 0.717) is 0 Å². The first-order chi connectivity index (χ1) is 5.65. The van der Waals surface area contributed by atoms with Crippen molar-refractivity contribution in [3.63, 3.8) is 0 Å². The molecule has 0 saturated heterocycles. The van der Waals surface area contributed by atoms with E-state index in [2.05, 4.69) is 13.8 Å². The molecular formula is C8H18Na2O3P+. The minimum atomic E-state index is -3.37. The van der Waals surface area contributed by atoms with Gasteiger partial charge in [0.2, 0.25) is 0 Å². The molecule has 0 fully saturated rings. The molecule has 0 aliphatic heterocycles. The van der Waals surface area contributed by atoms with Crippen LogP contribution in [0.1, 0.15) is 52.4 Å². The van der Waals surface area contributed by atoms with Crippen LogP contribution in [-0.2, 0) is 4.57 Å². The summed E-state index contributed by atoms with van der Waals surface area (Å²) in [5, 5.41) is 0. The van der Waals surface area contributed by atoms with Gasteiger partial charge in [0.1, 0.15) is 0 Å². The number of rotatable bonds is 5. The number of hydrogen-bond donors (Lipinski definition) is 0. The molecule has 0 aliphatic rings. The third-order valence-electron chi connectivity index (χ3n) is 1.46. The maximum Gasteiger partial charge on any atom is 1.00 e. The molecule has 0 heterocycles. The van der Waals surface area contributed by atoms with Crippen LogP contribution in [-0.4, -0.2) is 0 Å². The Kier molecular flexibility index (Phi) is 43.4. The molecule has 6 heteroatoms. The van der Waals surface area contributed by atoms with E-state index < -0.39 is 8.25 Å². The smallest absolute Gasteiger partial charge is 0.598 e. The van der Waals surface area contributed by atoms with Crippen LogP contribution in [0.15, 0.2) is 0 Å². The van der Waals surface area contributed by atoms with Gasteiger partial charge in [-0.05, 0) is 0 Å². The van der Waals surface area contributed by atoms with Crippen LogP contribution in [0.5, 0.6) is 0 Å². The van der Waals surface area contributed by atoms with Crippen molar-refractivity contribution < 1.29 is 73.5 Å². The van der Waals surface area contributed by atoms with Gasteiger partial charge >= 0.3 is 59.1 Å². The van der Waals surface area contributed by atoms with Crippen LogP contribution < -0.4 is 68.9 Å². The molecule has 0 aromatic heterocycles. The van der Waals surface area contributed by atoms with Gasteiger partial charge in [-0.25, -0.2) is 0 Å². The Morgan fingerprint density at radius 3 is 1.21 bits per heavy atom. The second-order valence-electron chi connectivity index (χ2n) is 2.64. The standard InChI is InChI=1S/C8H18.2Na.HO3P/c1-3-5-7-8-6-4-2;;;1-4(2)3/h3-8H2,1-2H3;;;(H,1,2,3)/q;2*+1;/p-1. The van der Waals surface area contributed by atoms with E-state index in [1.165, 1.54) is 38.5 Å². The molecule has 0 aromatic carbocycles. The van der Waals surface area contributed by atoms with E-state index >= 15 is 0 Å². The molecule has 14 heavy (non-hydrogen) atoms. The van der Waals surface area contributed by atoms with Crippen molar-refractivity contribution >= 4 is 8.25 Å². The van der Waals surface area contributed by atoms with Gasteiger partial charge in [0.25, 0.3) is 8.25 Å². The van der Waals surface area contributed by atoms with Crippen LogP contribution in [0, 0.1) is 0 Å². The topological polar surface area (TPSA) is 63.2 Å². The third-order valence-corrected chi connectivity index (χ3v) is 1.46. The third kappa shape index (κ3) is 48.2. The molecule has 0 radical (unpaired) electrons. The average Bonchev–Trinajstić information content (AvgIpc) is 1.97. The van der Waals surface area contributed by atoms with E-state index in [1.54, 1.807) is 0 Å². The molecule has 0 bridgehead atoms. The molecule has 0 aliphatic carbocycles. The zero-order valence-corrected chi connectivity index (χ0v) is 14.8. The fraction of sp³-hybridized carbons (Fsp3) is 1.00. The molecule has 0 amide bonds. The summed E-state index contributed by atoms with van der Waals surface area (Å²) in [7, 11) is -3.37. The van der Waals surface area contributed by atoms with Crippen molar-refractivity contribution in [2.24, 2.45) is 0 Å². The summed E-state index contributed by atoms with van der Waals surface area (Å²) < 4.78 is 8.48. The molecule has 3 nitrogen and oxygen atoms in total. The predicted molar refractivity (Wildman–Crippen MR) is 46.7 cm³/mol. The molecular weight excluding hydrogens is 221 g/mol. The van der Waals surface area contributed by atoms with Crippen LogP contribution in [0.3, 0.4) is 0 Å². The molecule has 0 aromatic rings. The van der Waals surface area contributed by atoms with Crippen molar-refractivity contribution in [2.75, 3.05) is 0 Å². The van der Waals surface area contributed by atoms with Crippen molar-refractivity contribution in [2.45, 2.75) is 52.4 Å². The summed E-state index contributed by atoms with van der Waals surface area (Å²) in [4.78, 5) is 17.0. The molecule has 0 unspecified atom stereocenters. The first-order valence-corrected chi connectivity index (χ1v) is 5.56. The first kappa shape index (κ1) is 25.0.